The first-order valence-corrected chi connectivity index (χ1v) is 22.2. The number of allylic oxidation sites excluding steroid dienone is 4. The summed E-state index contributed by atoms with van der Waals surface area (Å²) in [5, 5.41) is 27.2. The van der Waals surface area contributed by atoms with Gasteiger partial charge >= 0.3 is 5.97 Å². The summed E-state index contributed by atoms with van der Waals surface area (Å²) >= 11 is 0. The lowest BCUT2D eigenvalue weighted by Gasteiger charge is -2.62. The number of aliphatic hydroxyl groups excluding tert-OH is 1. The Labute approximate surface area is 360 Å². The number of pyridine rings is 1. The van der Waals surface area contributed by atoms with Gasteiger partial charge in [-0.2, -0.15) is 0 Å². The summed E-state index contributed by atoms with van der Waals surface area (Å²) in [6.07, 6.45) is 9.09. The van der Waals surface area contributed by atoms with Crippen molar-refractivity contribution in [3.63, 3.8) is 0 Å². The number of nitrogens with zero attached hydrogens (tertiary/aromatic N) is 2. The van der Waals surface area contributed by atoms with Crippen molar-refractivity contribution >= 4 is 34.1 Å². The van der Waals surface area contributed by atoms with Gasteiger partial charge in [0.25, 0.3) is 0 Å². The third-order valence-electron chi connectivity index (χ3n) is 15.3. The van der Waals surface area contributed by atoms with Crippen LogP contribution in [0.5, 0.6) is 5.75 Å². The average molecular weight is 865 g/mol. The minimum atomic E-state index is -2.05. The summed E-state index contributed by atoms with van der Waals surface area (Å²) in [6.45, 7) is 9.61. The number of benzene rings is 1. The number of halogens is 2. The average Bonchev–Trinajstić information content (AvgIpc) is 4.06. The summed E-state index contributed by atoms with van der Waals surface area (Å²) in [6, 6.07) is 1.37. The summed E-state index contributed by atoms with van der Waals surface area (Å²) in [7, 11) is 1.46. The highest BCUT2D eigenvalue weighted by Crippen LogP contribution is 2.70. The monoisotopic (exact) mass is 864 g/mol. The molecule has 13 nitrogen and oxygen atoms in total. The fourth-order valence-corrected chi connectivity index (χ4v) is 11.9. The molecule has 0 spiro atoms. The van der Waals surface area contributed by atoms with Gasteiger partial charge in [0.1, 0.15) is 23.5 Å². The number of aromatic nitrogens is 1. The highest BCUT2D eigenvalue weighted by molar-refractivity contribution is 6.01. The lowest BCUT2D eigenvalue weighted by Crippen LogP contribution is -2.69. The summed E-state index contributed by atoms with van der Waals surface area (Å²) < 4.78 is 57.5. The highest BCUT2D eigenvalue weighted by atomic mass is 19.1. The highest BCUT2D eigenvalue weighted by Gasteiger charge is 2.75. The Bertz CT molecular complexity index is 2240. The quantitative estimate of drug-likeness (QED) is 0.163. The van der Waals surface area contributed by atoms with Crippen molar-refractivity contribution in [3.05, 3.63) is 64.1 Å². The van der Waals surface area contributed by atoms with Gasteiger partial charge in [-0.25, -0.2) is 13.6 Å². The predicted molar refractivity (Wildman–Crippen MR) is 226 cm³/mol. The molecular formula is C47H60F2N3O10. The van der Waals surface area contributed by atoms with E-state index in [1.165, 1.54) is 37.9 Å². The largest absolute Gasteiger partial charge is 0.492 e. The van der Waals surface area contributed by atoms with Crippen molar-refractivity contribution in [3.8, 4) is 5.75 Å². The molecule has 1 aromatic heterocycles. The summed E-state index contributed by atoms with van der Waals surface area (Å²) in [5.41, 5.74) is -5.46. The first-order valence-electron chi connectivity index (χ1n) is 22.2. The zero-order valence-electron chi connectivity index (χ0n) is 36.3. The number of ketones is 2. The van der Waals surface area contributed by atoms with E-state index < -0.39 is 63.0 Å². The number of anilines is 1. The van der Waals surface area contributed by atoms with E-state index in [1.54, 1.807) is 13.0 Å². The molecule has 3 N–H and O–H groups in total. The van der Waals surface area contributed by atoms with E-state index in [1.807, 2.05) is 30.2 Å². The van der Waals surface area contributed by atoms with Crippen LogP contribution in [0, 0.1) is 40.8 Å². The Kier molecular flexibility index (Phi) is 12.1. The number of aliphatic hydroxyl groups is 2. The molecule has 6 aliphatic rings. The fraction of sp³-hybridized carbons (Fsp3) is 0.638. The predicted octanol–water partition coefficient (Wildman–Crippen LogP) is 4.98. The third-order valence-corrected chi connectivity index (χ3v) is 15.3. The number of carbonyl (C=O) groups is 3. The first kappa shape index (κ1) is 44.6. The van der Waals surface area contributed by atoms with Crippen molar-refractivity contribution in [2.24, 2.45) is 28.6 Å². The number of esters is 1. The molecule has 0 amide bonds. The molecule has 2 aromatic rings. The molecule has 337 valence electrons. The van der Waals surface area contributed by atoms with E-state index in [2.05, 4.69) is 5.32 Å². The Balaban J connectivity index is 0.807. The van der Waals surface area contributed by atoms with Gasteiger partial charge in [-0.15, -0.1) is 0 Å². The minimum Gasteiger partial charge on any atom is -0.492 e. The zero-order chi connectivity index (χ0) is 44.4. The van der Waals surface area contributed by atoms with Crippen molar-refractivity contribution in [1.29, 1.82) is 0 Å². The number of fused-ring (bicyclic) bond motifs is 6. The van der Waals surface area contributed by atoms with Crippen molar-refractivity contribution in [2.45, 2.75) is 102 Å². The van der Waals surface area contributed by atoms with E-state index in [0.717, 1.165) is 12.8 Å². The standard InChI is InChI=1S/C47H60F2N3O10/c1-27-21-35-34-11-8-29-22-31(53)12-13-44(29,3)46(34,49)38(55)24-45(35,4)47(27,58)37(54)7-6-16-60-17-18-61-19-20-62-43(57)33-26-52(30-9-10-30)39-32(41(33)56)23-36(48)40(42(39)59-5)51-15-14-50-28(2)25-51/h7,12-13,22-23,26-28,30,34-35,38,50,55,58H,6,8-11,14-21,24-25H2,1-5H3/t27-,28?,34+,35+,38+,44+,45+,46+,47+/m0/s1. The number of hydrogen-bond acceptors (Lipinski definition) is 12. The van der Waals surface area contributed by atoms with Gasteiger partial charge in [-0.3, -0.25) is 14.4 Å². The van der Waals surface area contributed by atoms with Crippen LogP contribution in [-0.2, 0) is 23.8 Å². The summed E-state index contributed by atoms with van der Waals surface area (Å²) in [4.78, 5) is 54.8. The molecule has 4 saturated carbocycles. The van der Waals surface area contributed by atoms with E-state index in [9.17, 15) is 29.4 Å². The number of hydrogen-bond donors (Lipinski definition) is 3. The Morgan fingerprint density at radius 3 is 2.48 bits per heavy atom. The van der Waals surface area contributed by atoms with Crippen molar-refractivity contribution in [1.82, 2.24) is 9.88 Å². The van der Waals surface area contributed by atoms with Crippen LogP contribution in [0.15, 0.2) is 40.9 Å². The molecule has 15 heteroatoms. The molecule has 5 fully saturated rings. The number of ether oxygens (including phenoxy) is 4. The molecule has 62 heavy (non-hydrogen) atoms. The molecule has 1 unspecified atom stereocenters. The number of nitrogens with one attached hydrogen (secondary N) is 1. The van der Waals surface area contributed by atoms with Crippen LogP contribution in [0.2, 0.25) is 0 Å². The van der Waals surface area contributed by atoms with E-state index in [4.69, 9.17) is 18.9 Å². The van der Waals surface area contributed by atoms with E-state index in [-0.39, 0.29) is 86.4 Å². The molecule has 9 atom stereocenters. The van der Waals surface area contributed by atoms with Gasteiger partial charge < -0.3 is 43.9 Å². The van der Waals surface area contributed by atoms with E-state index in [0.29, 0.717) is 55.7 Å². The molecule has 1 radical (unpaired) electrons. The van der Waals surface area contributed by atoms with Gasteiger partial charge in [0.15, 0.2) is 28.8 Å². The Hall–Kier alpha value is -4.02. The number of methoxy groups -OCH3 is 1. The smallest absolute Gasteiger partial charge is 0.343 e. The molecule has 2 heterocycles. The maximum atomic E-state index is 17.5. The normalized spacial score (nSPS) is 34.1. The number of rotatable bonds is 15. The molecule has 0 bridgehead atoms. The second kappa shape index (κ2) is 16.8. The zero-order valence-corrected chi connectivity index (χ0v) is 36.3. The van der Waals surface area contributed by atoms with Crippen LogP contribution in [-0.4, -0.2) is 116 Å². The number of alkyl halides is 1. The SMILES string of the molecule is COc1c(N2CCNC(C)C2)c(F)cc2c(=O)c(C(=O)OCCOCCOCC[CH]C(=O)[C@]3(O)[C@@H](C)C[C@@H]4[C@H]5CCC6=CC(=O)C=C[C@@]6(C)[C@]5(F)[C@H](O)C[C@]43C)cn(C3CC3)c12. The van der Waals surface area contributed by atoms with Crippen LogP contribution in [0.1, 0.15) is 89.0 Å². The number of carbonyl (C=O) groups excluding carboxylic acids is 3. The molecular weight excluding hydrogens is 805 g/mol. The van der Waals surface area contributed by atoms with Crippen LogP contribution in [0.25, 0.3) is 10.9 Å². The Morgan fingerprint density at radius 1 is 1.05 bits per heavy atom. The molecule has 1 aromatic carbocycles. The summed E-state index contributed by atoms with van der Waals surface area (Å²) in [5.74, 6) is -3.25. The second-order valence-corrected chi connectivity index (χ2v) is 18.8. The maximum absolute atomic E-state index is 17.5. The molecule has 8 rings (SSSR count). The Morgan fingerprint density at radius 2 is 1.77 bits per heavy atom. The van der Waals surface area contributed by atoms with Gasteiger partial charge in [0.05, 0.1) is 43.9 Å². The van der Waals surface area contributed by atoms with E-state index >= 15 is 8.78 Å². The first-order chi connectivity index (χ1) is 29.5. The maximum Gasteiger partial charge on any atom is 0.343 e. The van der Waals surface area contributed by atoms with Crippen molar-refractivity contribution < 1.29 is 52.3 Å². The van der Waals surface area contributed by atoms with Crippen LogP contribution < -0.4 is 20.4 Å². The second-order valence-electron chi connectivity index (χ2n) is 18.8. The topological polar surface area (TPSA) is 166 Å². The van der Waals surface area contributed by atoms with Gasteiger partial charge in [-0.1, -0.05) is 25.5 Å². The fourth-order valence-electron chi connectivity index (χ4n) is 11.9. The molecule has 1 saturated heterocycles. The van der Waals surface area contributed by atoms with Crippen LogP contribution in [0.4, 0.5) is 14.5 Å². The minimum absolute atomic E-state index is 0.0296. The lowest BCUT2D eigenvalue weighted by molar-refractivity contribution is -0.218. The van der Waals surface area contributed by atoms with Gasteiger partial charge in [-0.05, 0) is 88.8 Å². The number of Topliss-reactive ketones (excluding diaryl/α,β-unsaturated/α-hetero) is 1. The third kappa shape index (κ3) is 7.14. The van der Waals surface area contributed by atoms with Gasteiger partial charge in [0.2, 0.25) is 5.43 Å². The van der Waals surface area contributed by atoms with Crippen LogP contribution >= 0.6 is 0 Å². The molecule has 5 aliphatic carbocycles. The number of piperazine rings is 1. The van der Waals surface area contributed by atoms with Gasteiger partial charge in [0, 0.05) is 67.7 Å². The molecule has 1 aliphatic heterocycles. The lowest BCUT2D eigenvalue weighted by atomic mass is 9.44. The van der Waals surface area contributed by atoms with Crippen molar-refractivity contribution in [2.75, 3.05) is 64.7 Å². The van der Waals surface area contributed by atoms with Crippen LogP contribution in [0.3, 0.4) is 0 Å².